The molecule has 5 nitrogen and oxygen atoms in total. The van der Waals surface area contributed by atoms with E-state index in [-0.39, 0.29) is 0 Å². The van der Waals surface area contributed by atoms with Crippen LogP contribution < -0.4 is 14.8 Å². The summed E-state index contributed by atoms with van der Waals surface area (Å²) in [6.45, 7) is 2.10. The molecule has 0 atom stereocenters. The van der Waals surface area contributed by atoms with Crippen molar-refractivity contribution in [1.29, 1.82) is 0 Å². The van der Waals surface area contributed by atoms with Crippen LogP contribution in [0, 0.1) is 0 Å². The summed E-state index contributed by atoms with van der Waals surface area (Å²) in [6.07, 6.45) is 0.974. The highest BCUT2D eigenvalue weighted by molar-refractivity contribution is 5.88. The van der Waals surface area contributed by atoms with Crippen LogP contribution in [-0.4, -0.2) is 29.5 Å². The van der Waals surface area contributed by atoms with E-state index in [9.17, 15) is 0 Å². The molecule has 0 bridgehead atoms. The van der Waals surface area contributed by atoms with Crippen LogP contribution in [0.4, 0.5) is 5.82 Å². The summed E-state index contributed by atoms with van der Waals surface area (Å²) in [4.78, 5) is 0. The molecule has 0 radical (unpaired) electrons. The van der Waals surface area contributed by atoms with Gasteiger partial charge in [0.05, 0.1) is 11.4 Å². The van der Waals surface area contributed by atoms with Gasteiger partial charge in [0.25, 0.3) is 0 Å². The van der Waals surface area contributed by atoms with E-state index < -0.39 is 0 Å². The Kier molecular flexibility index (Phi) is 3.35. The van der Waals surface area contributed by atoms with Gasteiger partial charge in [0, 0.05) is 23.7 Å². The van der Waals surface area contributed by atoms with Crippen molar-refractivity contribution in [2.45, 2.75) is 6.42 Å². The van der Waals surface area contributed by atoms with E-state index in [1.165, 1.54) is 16.3 Å². The van der Waals surface area contributed by atoms with Gasteiger partial charge in [-0.1, -0.05) is 36.4 Å². The summed E-state index contributed by atoms with van der Waals surface area (Å²) in [5.74, 6) is 2.64. The van der Waals surface area contributed by atoms with Crippen molar-refractivity contribution in [1.82, 2.24) is 9.78 Å². The molecular formula is C23H19N3O2. The summed E-state index contributed by atoms with van der Waals surface area (Å²) in [5, 5.41) is 11.0. The molecule has 0 saturated carbocycles. The van der Waals surface area contributed by atoms with Crippen molar-refractivity contribution < 1.29 is 9.47 Å². The van der Waals surface area contributed by atoms with Crippen molar-refractivity contribution in [2.24, 2.45) is 0 Å². The third-order valence-electron chi connectivity index (χ3n) is 5.44. The summed E-state index contributed by atoms with van der Waals surface area (Å²) in [5.41, 5.74) is 4.43. The van der Waals surface area contributed by atoms with Gasteiger partial charge in [-0.05, 0) is 35.4 Å². The Balaban J connectivity index is 1.49. The second kappa shape index (κ2) is 6.02. The molecule has 5 heteroatoms. The SMILES string of the molecule is c1ccc2cc(-c3nn(-c4ccc5c(c4)OCCO5)c4c3CCN4)ccc2c1. The average Bonchev–Trinajstić information content (AvgIpc) is 3.36. The number of aromatic nitrogens is 2. The lowest BCUT2D eigenvalue weighted by molar-refractivity contribution is 0.171. The molecule has 1 aromatic heterocycles. The van der Waals surface area contributed by atoms with Crippen molar-refractivity contribution in [3.05, 3.63) is 66.2 Å². The number of benzene rings is 3. The zero-order chi connectivity index (χ0) is 18.5. The highest BCUT2D eigenvalue weighted by Crippen LogP contribution is 2.38. The van der Waals surface area contributed by atoms with Gasteiger partial charge in [0.15, 0.2) is 11.5 Å². The molecule has 3 aromatic carbocycles. The minimum absolute atomic E-state index is 0.578. The van der Waals surface area contributed by atoms with Crippen molar-refractivity contribution in [3.63, 3.8) is 0 Å². The number of rotatable bonds is 2. The predicted octanol–water partition coefficient (Wildman–Crippen LogP) is 4.43. The van der Waals surface area contributed by atoms with Crippen LogP contribution in [0.5, 0.6) is 11.5 Å². The van der Waals surface area contributed by atoms with Crippen LogP contribution in [0.3, 0.4) is 0 Å². The first-order valence-corrected chi connectivity index (χ1v) is 9.62. The van der Waals surface area contributed by atoms with Crippen molar-refractivity contribution >= 4 is 16.6 Å². The maximum absolute atomic E-state index is 5.76. The highest BCUT2D eigenvalue weighted by Gasteiger charge is 2.25. The third-order valence-corrected chi connectivity index (χ3v) is 5.44. The molecule has 2 aliphatic rings. The van der Waals surface area contributed by atoms with Gasteiger partial charge in [0.2, 0.25) is 0 Å². The molecule has 4 aromatic rings. The van der Waals surface area contributed by atoms with E-state index in [0.29, 0.717) is 13.2 Å². The molecule has 2 aliphatic heterocycles. The first kappa shape index (κ1) is 15.6. The van der Waals surface area contributed by atoms with E-state index in [4.69, 9.17) is 14.6 Å². The van der Waals surface area contributed by atoms with Gasteiger partial charge in [-0.25, -0.2) is 4.68 Å². The first-order valence-electron chi connectivity index (χ1n) is 9.62. The summed E-state index contributed by atoms with van der Waals surface area (Å²) in [6, 6.07) is 21.0. The molecule has 0 aliphatic carbocycles. The molecule has 0 saturated heterocycles. The van der Waals surface area contributed by atoms with E-state index >= 15 is 0 Å². The Morgan fingerprint density at radius 1 is 0.857 bits per heavy atom. The lowest BCUT2D eigenvalue weighted by Gasteiger charge is -2.19. The smallest absolute Gasteiger partial charge is 0.163 e. The van der Waals surface area contributed by atoms with Gasteiger partial charge in [0.1, 0.15) is 19.0 Å². The lowest BCUT2D eigenvalue weighted by atomic mass is 10.0. The van der Waals surface area contributed by atoms with Crippen LogP contribution >= 0.6 is 0 Å². The summed E-state index contributed by atoms with van der Waals surface area (Å²) >= 11 is 0. The zero-order valence-electron chi connectivity index (χ0n) is 15.3. The van der Waals surface area contributed by atoms with Crippen LogP contribution in [0.25, 0.3) is 27.7 Å². The zero-order valence-corrected chi connectivity index (χ0v) is 15.3. The van der Waals surface area contributed by atoms with Crippen LogP contribution in [-0.2, 0) is 6.42 Å². The predicted molar refractivity (Wildman–Crippen MR) is 110 cm³/mol. The van der Waals surface area contributed by atoms with Gasteiger partial charge >= 0.3 is 0 Å². The molecule has 138 valence electrons. The number of anilines is 1. The van der Waals surface area contributed by atoms with Gasteiger partial charge < -0.3 is 14.8 Å². The monoisotopic (exact) mass is 369 g/mol. The van der Waals surface area contributed by atoms with Gasteiger partial charge in [-0.15, -0.1) is 0 Å². The summed E-state index contributed by atoms with van der Waals surface area (Å²) in [7, 11) is 0. The highest BCUT2D eigenvalue weighted by atomic mass is 16.6. The summed E-state index contributed by atoms with van der Waals surface area (Å²) < 4.78 is 13.4. The minimum Gasteiger partial charge on any atom is -0.486 e. The topological polar surface area (TPSA) is 48.3 Å². The molecule has 0 unspecified atom stereocenters. The molecule has 0 spiro atoms. The largest absolute Gasteiger partial charge is 0.486 e. The van der Waals surface area contributed by atoms with E-state index in [1.807, 2.05) is 22.9 Å². The minimum atomic E-state index is 0.578. The number of nitrogens with zero attached hydrogens (tertiary/aromatic N) is 2. The number of nitrogens with one attached hydrogen (secondary N) is 1. The average molecular weight is 369 g/mol. The Hall–Kier alpha value is -3.47. The van der Waals surface area contributed by atoms with E-state index in [2.05, 4.69) is 47.8 Å². The fourth-order valence-corrected chi connectivity index (χ4v) is 4.09. The quantitative estimate of drug-likeness (QED) is 0.568. The van der Waals surface area contributed by atoms with Crippen LogP contribution in [0.2, 0.25) is 0 Å². The third kappa shape index (κ3) is 2.36. The molecular weight excluding hydrogens is 350 g/mol. The number of hydrogen-bond donors (Lipinski definition) is 1. The molecule has 0 amide bonds. The molecule has 0 fully saturated rings. The molecule has 3 heterocycles. The second-order valence-corrected chi connectivity index (χ2v) is 7.15. The Morgan fingerprint density at radius 3 is 2.64 bits per heavy atom. The van der Waals surface area contributed by atoms with Gasteiger partial charge in [-0.3, -0.25) is 0 Å². The maximum atomic E-state index is 5.76. The number of hydrogen-bond acceptors (Lipinski definition) is 4. The number of ether oxygens (including phenoxy) is 2. The lowest BCUT2D eigenvalue weighted by Crippen LogP contribution is -2.15. The van der Waals surface area contributed by atoms with Crippen molar-refractivity contribution in [2.75, 3.05) is 25.1 Å². The van der Waals surface area contributed by atoms with Crippen molar-refractivity contribution in [3.8, 4) is 28.4 Å². The molecule has 28 heavy (non-hydrogen) atoms. The van der Waals surface area contributed by atoms with E-state index in [1.54, 1.807) is 0 Å². The molecule has 6 rings (SSSR count). The molecule has 1 N–H and O–H groups in total. The standard InChI is InChI=1S/C23H19N3O2/c1-2-4-16-13-17(6-5-15(16)3-1)22-19-9-10-24-23(19)26(25-22)18-7-8-20-21(14-18)28-12-11-27-20/h1-8,13-14,24H,9-12H2. The van der Waals surface area contributed by atoms with Gasteiger partial charge in [-0.2, -0.15) is 5.10 Å². The Labute approximate surface area is 162 Å². The fourth-order valence-electron chi connectivity index (χ4n) is 4.09. The Bertz CT molecular complexity index is 1210. The van der Waals surface area contributed by atoms with Crippen LogP contribution in [0.15, 0.2) is 60.7 Å². The maximum Gasteiger partial charge on any atom is 0.163 e. The van der Waals surface area contributed by atoms with E-state index in [0.717, 1.165) is 47.2 Å². The normalized spacial score (nSPS) is 14.7. The Morgan fingerprint density at radius 2 is 1.71 bits per heavy atom. The van der Waals surface area contributed by atoms with Crippen LogP contribution in [0.1, 0.15) is 5.56 Å². The second-order valence-electron chi connectivity index (χ2n) is 7.15. The fraction of sp³-hybridized carbons (Fsp3) is 0.174. The first-order chi connectivity index (χ1) is 13.9. The number of fused-ring (bicyclic) bond motifs is 3.